The molecule has 1 saturated carbocycles. The molecule has 0 bridgehead atoms. The minimum Gasteiger partial charge on any atom is -0.455 e. The summed E-state index contributed by atoms with van der Waals surface area (Å²) in [4.78, 5) is 71.6. The lowest BCUT2D eigenvalue weighted by Crippen LogP contribution is -2.47. The van der Waals surface area contributed by atoms with E-state index in [2.05, 4.69) is 74.4 Å². The predicted molar refractivity (Wildman–Crippen MR) is 454 cm³/mol. The van der Waals surface area contributed by atoms with Gasteiger partial charge in [-0.2, -0.15) is 0 Å². The van der Waals surface area contributed by atoms with E-state index in [0.717, 1.165) is 173 Å². The number of H-pyrrole nitrogens is 2. The molecule has 0 atom stereocenters. The van der Waals surface area contributed by atoms with Crippen molar-refractivity contribution in [3.63, 3.8) is 0 Å². The quantitative estimate of drug-likeness (QED) is 0.0323. The number of aromatic amines is 2. The molecule has 29 heteroatoms. The van der Waals surface area contributed by atoms with E-state index in [-0.39, 0.29) is 49.2 Å². The zero-order chi connectivity index (χ0) is 81.9. The topological polar surface area (TPSA) is 317 Å². The number of ether oxygens (including phenoxy) is 4. The lowest BCUT2D eigenvalue weighted by Gasteiger charge is -2.47. The van der Waals surface area contributed by atoms with Crippen LogP contribution in [0.15, 0.2) is 197 Å². The van der Waals surface area contributed by atoms with Crippen LogP contribution in [0.4, 0.5) is 17.1 Å². The Hall–Kier alpha value is -10.6. The normalized spacial score (nSPS) is 17.8. The van der Waals surface area contributed by atoms with Crippen molar-refractivity contribution >= 4 is 111 Å². The Labute approximate surface area is 694 Å². The SMILES string of the molecule is CCc1ccc(S(=O)(=O)NC(=O)c2ccc(N3CCN(CC4=C(c5ccc(Cl)cc5)CC5(CCC5)CC4)CC3)cc2Oc2cnc3[nH]ccc3c2)cc1[N+](=O)[O-].O=C(NS(=O)(=O)c1ccc(CCC2CCOCC2)c([N+](=O)[O-])c1)c1ccc(C2=CCN(CC3=C(c4ccc(Cl)cc4)CC4(CC3)COC4)CC2)cc1Oc1cnc2[nH]ccc2c1. The third-order valence-electron chi connectivity index (χ3n) is 24.5. The van der Waals surface area contributed by atoms with Gasteiger partial charge in [-0.05, 0) is 220 Å². The van der Waals surface area contributed by atoms with Gasteiger partial charge >= 0.3 is 0 Å². The molecule has 118 heavy (non-hydrogen) atoms. The van der Waals surface area contributed by atoms with Crippen LogP contribution in [0.2, 0.25) is 10.0 Å². The summed E-state index contributed by atoms with van der Waals surface area (Å²) < 4.78 is 82.1. The van der Waals surface area contributed by atoms with E-state index in [1.165, 1.54) is 95.8 Å². The molecule has 4 aromatic heterocycles. The summed E-state index contributed by atoms with van der Waals surface area (Å²) in [6.45, 7) is 11.2. The number of anilines is 1. The number of nitrogens with one attached hydrogen (secondary N) is 4. The Morgan fingerprint density at radius 1 is 0.585 bits per heavy atom. The summed E-state index contributed by atoms with van der Waals surface area (Å²) in [5, 5.41) is 26.8. The highest BCUT2D eigenvalue weighted by atomic mass is 35.5. The Kier molecular flexibility index (Phi) is 23.9. The van der Waals surface area contributed by atoms with Gasteiger partial charge in [-0.1, -0.05) is 96.2 Å². The molecule has 10 aromatic rings. The first-order valence-corrected chi connectivity index (χ1v) is 43.9. The Balaban J connectivity index is 0.000000177. The second kappa shape index (κ2) is 34.7. The monoisotopic (exact) mass is 1670 g/mol. The number of sulfonamides is 2. The average Bonchev–Trinajstić information content (AvgIpc) is 0.869. The van der Waals surface area contributed by atoms with E-state index in [9.17, 15) is 46.7 Å². The largest absolute Gasteiger partial charge is 0.455 e. The van der Waals surface area contributed by atoms with Crippen LogP contribution in [0.25, 0.3) is 38.8 Å². The van der Waals surface area contributed by atoms with Gasteiger partial charge in [-0.15, -0.1) is 0 Å². The van der Waals surface area contributed by atoms with Gasteiger partial charge in [0, 0.05) is 139 Å². The molecule has 3 aliphatic carbocycles. The molecule has 0 radical (unpaired) electrons. The fourth-order valence-electron chi connectivity index (χ4n) is 17.5. The molecule has 8 heterocycles. The van der Waals surface area contributed by atoms with Crippen LogP contribution in [-0.4, -0.2) is 147 Å². The van der Waals surface area contributed by atoms with E-state index in [0.29, 0.717) is 71.3 Å². The van der Waals surface area contributed by atoms with Gasteiger partial charge in [-0.25, -0.2) is 36.2 Å². The zero-order valence-corrected chi connectivity index (χ0v) is 68.5. The number of nitro groups is 2. The molecule has 2 amide bonds. The fraction of sp³-hybridized carbons (Fsp3) is 0.348. The standard InChI is InChI=1S/C47H48ClN5O8S.C42H43ClN6O6S/c48-38-7-3-33(4-8-38)42-26-47(29-60-30-47)17-11-37(42)28-52-19-13-32(14-20-52)35-6-10-41(44(24-35)61-39-23-36-12-18-49-45(36)50-27-39)46(54)51-62(57,58)40-9-5-34(43(25-40)53(55)56)2-1-31-15-21-59-22-16-31;1-2-28-6-10-35(24-38(28)49(51)52)56(53,54)46-41(50)36-11-9-33(23-39(36)55-34-22-30-13-17-44-40(30)45-26-34)48-20-18-47(19-21-48)27-31-12-16-42(14-3-15-42)25-37(31)29-4-7-32(43)8-5-29/h3-10,12-13,18,23-25,27,31H,1-2,11,14-17,19-22,26,28-30H2,(H,49,50)(H,51,54);4-11,13,17,22-24,26H,2-3,12,14-16,18-21,25,27H2,1H3,(H,44,45)(H,46,50). The number of carbonyl (C=O) groups is 2. The van der Waals surface area contributed by atoms with Gasteiger partial charge in [0.1, 0.15) is 34.3 Å². The Morgan fingerprint density at radius 3 is 1.64 bits per heavy atom. The molecule has 4 N–H and O–H groups in total. The Morgan fingerprint density at radius 2 is 1.11 bits per heavy atom. The maximum atomic E-state index is 13.9. The van der Waals surface area contributed by atoms with Crippen molar-refractivity contribution in [1.82, 2.24) is 39.2 Å². The molecule has 17 rings (SSSR count). The van der Waals surface area contributed by atoms with Gasteiger partial charge in [0.2, 0.25) is 0 Å². The van der Waals surface area contributed by atoms with Crippen molar-refractivity contribution in [2.45, 2.75) is 113 Å². The van der Waals surface area contributed by atoms with E-state index < -0.39 is 41.7 Å². The van der Waals surface area contributed by atoms with E-state index in [1.54, 1.807) is 67.8 Å². The number of aryl methyl sites for hydroxylation is 2. The van der Waals surface area contributed by atoms with Crippen LogP contribution in [0, 0.1) is 37.0 Å². The van der Waals surface area contributed by atoms with Crippen LogP contribution in [0.3, 0.4) is 0 Å². The molecule has 2 spiro atoms. The highest BCUT2D eigenvalue weighted by molar-refractivity contribution is 7.90. The number of amides is 2. The number of fused-ring (bicyclic) bond motifs is 2. The number of nitro benzene ring substituents is 2. The third kappa shape index (κ3) is 18.3. The van der Waals surface area contributed by atoms with Crippen molar-refractivity contribution < 1.29 is 55.2 Å². The van der Waals surface area contributed by atoms with Gasteiger partial charge in [0.25, 0.3) is 43.2 Å². The third-order valence-corrected chi connectivity index (χ3v) is 27.6. The average molecular weight is 1670 g/mol. The fourth-order valence-corrected chi connectivity index (χ4v) is 19.7. The van der Waals surface area contributed by atoms with Crippen molar-refractivity contribution in [1.29, 1.82) is 0 Å². The zero-order valence-electron chi connectivity index (χ0n) is 65.3. The summed E-state index contributed by atoms with van der Waals surface area (Å²) in [7, 11) is -9.01. The van der Waals surface area contributed by atoms with Crippen LogP contribution < -0.4 is 23.8 Å². The summed E-state index contributed by atoms with van der Waals surface area (Å²) in [5.74, 6) is -0.490. The molecule has 6 aromatic carbocycles. The molecular formula is C89H91Cl2N11O14S2. The second-order valence-electron chi connectivity index (χ2n) is 32.0. The number of hydrogen-bond acceptors (Lipinski definition) is 19. The van der Waals surface area contributed by atoms with Crippen molar-refractivity contribution in [3.05, 3.63) is 257 Å². The molecular weight excluding hydrogens is 1580 g/mol. The summed E-state index contributed by atoms with van der Waals surface area (Å²) in [5.41, 5.74) is 13.2. The number of rotatable bonds is 24. The van der Waals surface area contributed by atoms with Gasteiger partial charge < -0.3 is 33.8 Å². The first kappa shape index (κ1) is 81.1. The van der Waals surface area contributed by atoms with Crippen molar-refractivity contribution in [2.24, 2.45) is 16.7 Å². The lowest BCUT2D eigenvalue weighted by molar-refractivity contribution is -0.385. The summed E-state index contributed by atoms with van der Waals surface area (Å²) in [6, 6.07) is 41.3. The smallest absolute Gasteiger partial charge is 0.273 e. The highest BCUT2D eigenvalue weighted by Gasteiger charge is 2.44. The molecule has 25 nitrogen and oxygen atoms in total. The van der Waals surface area contributed by atoms with Crippen LogP contribution in [0.1, 0.15) is 139 Å². The molecule has 4 fully saturated rings. The first-order valence-electron chi connectivity index (χ1n) is 40.2. The summed E-state index contributed by atoms with van der Waals surface area (Å²) in [6.07, 6.45) is 23.4. The Bertz CT molecular complexity index is 5850. The van der Waals surface area contributed by atoms with E-state index >= 15 is 0 Å². The highest BCUT2D eigenvalue weighted by Crippen LogP contribution is 2.55. The predicted octanol–water partition coefficient (Wildman–Crippen LogP) is 17.7. The van der Waals surface area contributed by atoms with Gasteiger partial charge in [0.15, 0.2) is 0 Å². The number of halogens is 2. The van der Waals surface area contributed by atoms with E-state index in [1.807, 2.05) is 36.4 Å². The van der Waals surface area contributed by atoms with E-state index in [4.69, 9.17) is 42.1 Å². The lowest BCUT2D eigenvalue weighted by atomic mass is 9.59. The minimum atomic E-state index is -4.53. The number of benzene rings is 6. The maximum absolute atomic E-state index is 13.9. The maximum Gasteiger partial charge on any atom is 0.273 e. The number of hydrogen-bond donors (Lipinski definition) is 4. The number of nitrogens with zero attached hydrogens (tertiary/aromatic N) is 7. The van der Waals surface area contributed by atoms with Gasteiger partial charge in [-0.3, -0.25) is 39.6 Å². The number of piperazine rings is 1. The van der Waals surface area contributed by atoms with Crippen LogP contribution >= 0.6 is 23.2 Å². The summed E-state index contributed by atoms with van der Waals surface area (Å²) >= 11 is 12.5. The van der Waals surface area contributed by atoms with Gasteiger partial charge in [0.05, 0.1) is 56.4 Å². The minimum absolute atomic E-state index is 0.0204. The molecule has 3 saturated heterocycles. The van der Waals surface area contributed by atoms with Crippen molar-refractivity contribution in [2.75, 3.05) is 83.7 Å². The second-order valence-corrected chi connectivity index (χ2v) is 36.3. The molecule has 612 valence electrons. The number of pyridine rings is 2. The first-order chi connectivity index (χ1) is 57.0. The number of aromatic nitrogens is 4. The van der Waals surface area contributed by atoms with Crippen molar-refractivity contribution in [3.8, 4) is 23.0 Å². The molecule has 0 unspecified atom stereocenters. The number of allylic oxidation sites excluding steroid dienone is 2. The molecule has 7 aliphatic rings. The molecule has 4 aliphatic heterocycles. The van der Waals surface area contributed by atoms with Crippen LogP contribution in [-0.2, 0) is 42.4 Å². The van der Waals surface area contributed by atoms with Crippen LogP contribution in [0.5, 0.6) is 23.0 Å². The number of carbonyl (C=O) groups excluding carboxylic acids is 2.